The average molecular weight is 299 g/mol. The van der Waals surface area contributed by atoms with Crippen LogP contribution < -0.4 is 10.6 Å². The van der Waals surface area contributed by atoms with E-state index in [0.717, 1.165) is 6.42 Å². The minimum atomic E-state index is -0.910. The number of nitrogens with one attached hydrogen (secondary N) is 2. The fourth-order valence-electron chi connectivity index (χ4n) is 2.54. The molecule has 0 atom stereocenters. The first kappa shape index (κ1) is 17.3. The Bertz CT molecular complexity index is 390. The molecule has 0 bridgehead atoms. The van der Waals surface area contributed by atoms with Gasteiger partial charge in [-0.15, -0.1) is 0 Å². The first-order valence-electron chi connectivity index (χ1n) is 7.48. The van der Waals surface area contributed by atoms with E-state index in [4.69, 9.17) is 5.11 Å². The number of hydrogen-bond donors (Lipinski definition) is 3. The van der Waals surface area contributed by atoms with Gasteiger partial charge in [0, 0.05) is 26.1 Å². The summed E-state index contributed by atoms with van der Waals surface area (Å²) in [6.45, 7) is 5.39. The van der Waals surface area contributed by atoms with Gasteiger partial charge in [0.15, 0.2) is 0 Å². The van der Waals surface area contributed by atoms with E-state index >= 15 is 0 Å². The predicted molar refractivity (Wildman–Crippen MR) is 77.9 cm³/mol. The second-order valence-corrected chi connectivity index (χ2v) is 5.40. The summed E-state index contributed by atoms with van der Waals surface area (Å²) in [5.74, 6) is -0.907. The summed E-state index contributed by atoms with van der Waals surface area (Å²) < 4.78 is 0. The van der Waals surface area contributed by atoms with Crippen LogP contribution in [0.5, 0.6) is 0 Å². The highest BCUT2D eigenvalue weighted by Gasteiger charge is 2.40. The molecule has 0 spiro atoms. The van der Waals surface area contributed by atoms with Crippen molar-refractivity contribution in [1.82, 2.24) is 15.5 Å². The fourth-order valence-corrected chi connectivity index (χ4v) is 2.54. The molecule has 0 heterocycles. The Labute approximate surface area is 125 Å². The lowest BCUT2D eigenvalue weighted by Crippen LogP contribution is -2.57. The van der Waals surface area contributed by atoms with Gasteiger partial charge in [-0.1, -0.05) is 0 Å². The Kier molecular flexibility index (Phi) is 6.45. The molecule has 1 rings (SSSR count). The molecule has 0 unspecified atom stereocenters. The first-order valence-corrected chi connectivity index (χ1v) is 7.48. The van der Waals surface area contributed by atoms with Crippen molar-refractivity contribution in [2.75, 3.05) is 19.6 Å². The van der Waals surface area contributed by atoms with Gasteiger partial charge in [0.05, 0.1) is 12.0 Å². The lowest BCUT2D eigenvalue weighted by atomic mass is 9.74. The Balaban J connectivity index is 2.31. The topological polar surface area (TPSA) is 98.7 Å². The molecule has 3 amide bonds. The lowest BCUT2D eigenvalue weighted by Gasteiger charge is -2.41. The maximum atomic E-state index is 11.8. The van der Waals surface area contributed by atoms with Gasteiger partial charge in [0.25, 0.3) is 0 Å². The first-order chi connectivity index (χ1) is 9.92. The van der Waals surface area contributed by atoms with Crippen molar-refractivity contribution in [3.8, 4) is 0 Å². The summed E-state index contributed by atoms with van der Waals surface area (Å²) in [5, 5.41) is 14.2. The molecular weight excluding hydrogens is 274 g/mol. The predicted octanol–water partition coefficient (Wildman–Crippen LogP) is 0.941. The van der Waals surface area contributed by atoms with Gasteiger partial charge in [-0.3, -0.25) is 9.59 Å². The smallest absolute Gasteiger partial charge is 0.315 e. The van der Waals surface area contributed by atoms with E-state index in [2.05, 4.69) is 10.6 Å². The summed E-state index contributed by atoms with van der Waals surface area (Å²) in [6, 6.07) is -0.400. The maximum absolute atomic E-state index is 11.8. The normalized spacial score (nSPS) is 15.7. The number of hydrogen-bond acceptors (Lipinski definition) is 3. The fraction of sp³-hybridized carbons (Fsp3) is 0.786. The number of urea groups is 1. The van der Waals surface area contributed by atoms with E-state index < -0.39 is 17.5 Å². The van der Waals surface area contributed by atoms with Crippen LogP contribution in [0.3, 0.4) is 0 Å². The van der Waals surface area contributed by atoms with Crippen LogP contribution in [0.25, 0.3) is 0 Å². The van der Waals surface area contributed by atoms with E-state index in [1.54, 1.807) is 4.90 Å². The van der Waals surface area contributed by atoms with Gasteiger partial charge in [0.1, 0.15) is 0 Å². The molecule has 0 radical (unpaired) electrons. The third-order valence-corrected chi connectivity index (χ3v) is 3.92. The molecule has 7 heteroatoms. The van der Waals surface area contributed by atoms with E-state index in [-0.39, 0.29) is 25.3 Å². The van der Waals surface area contributed by atoms with Gasteiger partial charge in [-0.25, -0.2) is 4.79 Å². The number of amides is 3. The van der Waals surface area contributed by atoms with Crippen molar-refractivity contribution in [3.05, 3.63) is 0 Å². The molecule has 21 heavy (non-hydrogen) atoms. The molecule has 1 aliphatic carbocycles. The number of carboxylic acid groups (broad SMARTS) is 1. The van der Waals surface area contributed by atoms with Crippen LogP contribution in [0, 0.1) is 0 Å². The van der Waals surface area contributed by atoms with Gasteiger partial charge in [-0.2, -0.15) is 0 Å². The molecule has 0 aliphatic heterocycles. The zero-order chi connectivity index (χ0) is 15.9. The van der Waals surface area contributed by atoms with Crippen LogP contribution in [0.1, 0.15) is 46.0 Å². The van der Waals surface area contributed by atoms with E-state index in [1.165, 1.54) is 0 Å². The molecule has 120 valence electrons. The molecule has 3 N–H and O–H groups in total. The lowest BCUT2D eigenvalue weighted by molar-refractivity contribution is -0.139. The van der Waals surface area contributed by atoms with Crippen molar-refractivity contribution in [2.45, 2.75) is 51.5 Å². The van der Waals surface area contributed by atoms with Crippen molar-refractivity contribution in [3.63, 3.8) is 0 Å². The Morgan fingerprint density at radius 3 is 2.24 bits per heavy atom. The largest absolute Gasteiger partial charge is 0.481 e. The number of carboxylic acids is 1. The highest BCUT2D eigenvalue weighted by atomic mass is 16.4. The van der Waals surface area contributed by atoms with E-state index in [1.807, 2.05) is 13.8 Å². The second kappa shape index (κ2) is 7.85. The van der Waals surface area contributed by atoms with E-state index in [9.17, 15) is 14.4 Å². The number of rotatable bonds is 8. The van der Waals surface area contributed by atoms with Crippen LogP contribution in [0.15, 0.2) is 0 Å². The van der Waals surface area contributed by atoms with Crippen LogP contribution in [-0.4, -0.2) is 53.1 Å². The SMILES string of the molecule is CCN(CC)C(=O)CCNC(=O)NC1(CC(=O)O)CCC1. The van der Waals surface area contributed by atoms with Crippen LogP contribution in [-0.2, 0) is 9.59 Å². The standard InChI is InChI=1S/C14H25N3O4/c1-3-17(4-2)11(18)6-9-15-13(21)16-14(7-5-8-14)10-12(19)20/h3-10H2,1-2H3,(H,19,20)(H2,15,16,21). The highest BCUT2D eigenvalue weighted by Crippen LogP contribution is 2.34. The summed E-state index contributed by atoms with van der Waals surface area (Å²) >= 11 is 0. The molecule has 1 aliphatic rings. The molecule has 0 aromatic carbocycles. The molecule has 0 aromatic rings. The van der Waals surface area contributed by atoms with Crippen molar-refractivity contribution >= 4 is 17.9 Å². The zero-order valence-electron chi connectivity index (χ0n) is 12.8. The van der Waals surface area contributed by atoms with E-state index in [0.29, 0.717) is 25.9 Å². The molecule has 1 fully saturated rings. The third kappa shape index (κ3) is 5.24. The molecule has 1 saturated carbocycles. The highest BCUT2D eigenvalue weighted by molar-refractivity contribution is 5.79. The number of carbonyl (C=O) groups is 3. The number of nitrogens with zero attached hydrogens (tertiary/aromatic N) is 1. The monoisotopic (exact) mass is 299 g/mol. The van der Waals surface area contributed by atoms with Crippen molar-refractivity contribution < 1.29 is 19.5 Å². The number of aliphatic carboxylic acids is 1. The average Bonchev–Trinajstić information content (AvgIpc) is 2.37. The van der Waals surface area contributed by atoms with Gasteiger partial charge < -0.3 is 20.6 Å². The minimum Gasteiger partial charge on any atom is -0.481 e. The molecule has 0 saturated heterocycles. The number of carbonyl (C=O) groups excluding carboxylic acids is 2. The Morgan fingerprint density at radius 1 is 1.19 bits per heavy atom. The van der Waals surface area contributed by atoms with Crippen LogP contribution in [0.4, 0.5) is 4.79 Å². The third-order valence-electron chi connectivity index (χ3n) is 3.92. The quantitative estimate of drug-likeness (QED) is 0.621. The minimum absolute atomic E-state index is 0.00388. The Hall–Kier alpha value is -1.79. The van der Waals surface area contributed by atoms with Crippen molar-refractivity contribution in [2.24, 2.45) is 0 Å². The Morgan fingerprint density at radius 2 is 1.81 bits per heavy atom. The van der Waals surface area contributed by atoms with Gasteiger partial charge in [-0.05, 0) is 33.1 Å². The summed E-state index contributed by atoms with van der Waals surface area (Å²) in [7, 11) is 0. The van der Waals surface area contributed by atoms with Crippen LogP contribution in [0.2, 0.25) is 0 Å². The molecular formula is C14H25N3O4. The molecule has 7 nitrogen and oxygen atoms in total. The summed E-state index contributed by atoms with van der Waals surface area (Å²) in [4.78, 5) is 36.1. The summed E-state index contributed by atoms with van der Waals surface area (Å²) in [6.07, 6.45) is 2.49. The van der Waals surface area contributed by atoms with Gasteiger partial charge in [0.2, 0.25) is 5.91 Å². The van der Waals surface area contributed by atoms with Gasteiger partial charge >= 0.3 is 12.0 Å². The van der Waals surface area contributed by atoms with Crippen molar-refractivity contribution in [1.29, 1.82) is 0 Å². The summed E-state index contributed by atoms with van der Waals surface area (Å²) in [5.41, 5.74) is -0.612. The maximum Gasteiger partial charge on any atom is 0.315 e. The second-order valence-electron chi connectivity index (χ2n) is 5.40. The van der Waals surface area contributed by atoms with Crippen LogP contribution >= 0.6 is 0 Å². The zero-order valence-corrected chi connectivity index (χ0v) is 12.8. The molecule has 0 aromatic heterocycles.